The largest absolute Gasteiger partial charge is 0.456 e. The summed E-state index contributed by atoms with van der Waals surface area (Å²) in [5, 5.41) is 11.1. The third-order valence-electron chi connectivity index (χ3n) is 12.4. The number of nitrogens with zero attached hydrogens (tertiary/aromatic N) is 4. The number of thiophene rings is 1. The summed E-state index contributed by atoms with van der Waals surface area (Å²) in [5.74, 6) is 1.73. The molecule has 6 nitrogen and oxygen atoms in total. The first-order chi connectivity index (χ1) is 30.7. The van der Waals surface area contributed by atoms with E-state index in [1.54, 1.807) is 0 Å². The number of benzene rings is 9. The highest BCUT2D eigenvalue weighted by Gasteiger charge is 2.24. The maximum atomic E-state index is 6.38. The summed E-state index contributed by atoms with van der Waals surface area (Å²) < 4.78 is 17.6. The number of furan rings is 2. The molecule has 0 amide bonds. The van der Waals surface area contributed by atoms with Crippen LogP contribution in [-0.2, 0) is 0 Å². The van der Waals surface area contributed by atoms with Crippen LogP contribution in [0.15, 0.2) is 191 Å². The highest BCUT2D eigenvalue weighted by atomic mass is 32.1. The van der Waals surface area contributed by atoms with Gasteiger partial charge in [0.1, 0.15) is 22.3 Å². The highest BCUT2D eigenvalue weighted by molar-refractivity contribution is 7.26. The van der Waals surface area contributed by atoms with Crippen LogP contribution in [0.25, 0.3) is 136 Å². The molecule has 0 spiro atoms. The molecule has 0 bridgehead atoms. The van der Waals surface area contributed by atoms with Gasteiger partial charge in [0.25, 0.3) is 0 Å². The van der Waals surface area contributed by atoms with Crippen LogP contribution in [0.1, 0.15) is 0 Å². The van der Waals surface area contributed by atoms with Gasteiger partial charge in [0.05, 0.1) is 21.4 Å². The summed E-state index contributed by atoms with van der Waals surface area (Å²) >= 11 is 1.81. The first kappa shape index (κ1) is 33.7. The second kappa shape index (κ2) is 12.7. The summed E-state index contributed by atoms with van der Waals surface area (Å²) in [4.78, 5) is 16.2. The van der Waals surface area contributed by atoms with Crippen LogP contribution >= 0.6 is 11.3 Å². The summed E-state index contributed by atoms with van der Waals surface area (Å²) in [6.45, 7) is 0. The average molecular weight is 811 g/mol. The lowest BCUT2D eigenvalue weighted by Gasteiger charge is -2.14. The molecule has 62 heavy (non-hydrogen) atoms. The Morgan fingerprint density at radius 2 is 0.887 bits per heavy atom. The topological polar surface area (TPSA) is 69.9 Å². The zero-order chi connectivity index (χ0) is 40.5. The minimum absolute atomic E-state index is 0.568. The zero-order valence-electron chi connectivity index (χ0n) is 32.8. The van der Waals surface area contributed by atoms with Gasteiger partial charge in [-0.05, 0) is 71.4 Å². The highest BCUT2D eigenvalue weighted by Crippen LogP contribution is 2.46. The molecule has 14 rings (SSSR count). The molecule has 0 saturated heterocycles. The van der Waals surface area contributed by atoms with Gasteiger partial charge in [-0.15, -0.1) is 11.3 Å². The zero-order valence-corrected chi connectivity index (χ0v) is 33.7. The summed E-state index contributed by atoms with van der Waals surface area (Å²) in [6.07, 6.45) is 0. The number of rotatable bonds is 4. The molecular formula is C55H30N4O2S. The minimum Gasteiger partial charge on any atom is -0.456 e. The molecule has 0 atom stereocenters. The average Bonchev–Trinajstić information content (AvgIpc) is 4.09. The van der Waals surface area contributed by atoms with Crippen molar-refractivity contribution in [2.45, 2.75) is 0 Å². The molecule has 0 radical (unpaired) electrons. The van der Waals surface area contributed by atoms with E-state index in [1.807, 2.05) is 72.0 Å². The molecule has 0 aliphatic rings. The lowest BCUT2D eigenvalue weighted by atomic mass is 10.0. The number of hydrogen-bond donors (Lipinski definition) is 0. The molecule has 0 fully saturated rings. The van der Waals surface area contributed by atoms with Gasteiger partial charge in [-0.25, -0.2) is 15.0 Å². The van der Waals surface area contributed by atoms with Crippen molar-refractivity contribution < 1.29 is 8.83 Å². The predicted octanol–water partition coefficient (Wildman–Crippen LogP) is 15.3. The maximum Gasteiger partial charge on any atom is 0.164 e. The van der Waals surface area contributed by atoms with Crippen molar-refractivity contribution >= 4 is 108 Å². The van der Waals surface area contributed by atoms with Crippen molar-refractivity contribution in [1.82, 2.24) is 19.5 Å². The standard InChI is InChI=1S/C55H30N4O2S/c1-2-14-32-30-43-40(29-31(32)13-1)33-15-3-7-21-41(33)59(43)42-28-27-39(51-36-18-6-10-26-48(36)62-52(42)51)55-57-53(37-19-11-24-46-49(37)34-16-4-8-22-44(34)60-46)56-54(58-55)38-20-12-25-47-50(38)35-17-5-9-23-45(35)61-47/h1-30H. The molecule has 0 saturated carbocycles. The Morgan fingerprint density at radius 1 is 0.371 bits per heavy atom. The minimum atomic E-state index is 0.568. The van der Waals surface area contributed by atoms with E-state index in [2.05, 4.69) is 126 Å². The second-order valence-electron chi connectivity index (χ2n) is 15.9. The Morgan fingerprint density at radius 3 is 1.55 bits per heavy atom. The van der Waals surface area contributed by atoms with Gasteiger partial charge in [0, 0.05) is 64.5 Å². The second-order valence-corrected chi connectivity index (χ2v) is 16.9. The monoisotopic (exact) mass is 810 g/mol. The first-order valence-electron chi connectivity index (χ1n) is 20.7. The summed E-state index contributed by atoms with van der Waals surface area (Å²) in [7, 11) is 0. The van der Waals surface area contributed by atoms with Gasteiger partial charge in [-0.1, -0.05) is 121 Å². The van der Waals surface area contributed by atoms with Crippen LogP contribution in [0.3, 0.4) is 0 Å². The van der Waals surface area contributed by atoms with E-state index in [-0.39, 0.29) is 0 Å². The smallest absolute Gasteiger partial charge is 0.164 e. The normalized spacial score (nSPS) is 12.2. The lowest BCUT2D eigenvalue weighted by Crippen LogP contribution is -2.02. The van der Waals surface area contributed by atoms with E-state index in [0.717, 1.165) is 87.2 Å². The molecule has 288 valence electrons. The van der Waals surface area contributed by atoms with Crippen molar-refractivity contribution in [3.05, 3.63) is 182 Å². The van der Waals surface area contributed by atoms with Crippen molar-refractivity contribution in [1.29, 1.82) is 0 Å². The molecule has 0 aliphatic carbocycles. The van der Waals surface area contributed by atoms with Gasteiger partial charge in [0.15, 0.2) is 17.5 Å². The van der Waals surface area contributed by atoms with Crippen LogP contribution < -0.4 is 0 Å². The van der Waals surface area contributed by atoms with E-state index in [4.69, 9.17) is 23.8 Å². The van der Waals surface area contributed by atoms with Crippen LogP contribution in [-0.4, -0.2) is 19.5 Å². The van der Waals surface area contributed by atoms with Crippen molar-refractivity contribution in [2.24, 2.45) is 0 Å². The summed E-state index contributed by atoms with van der Waals surface area (Å²) in [5.41, 5.74) is 9.34. The van der Waals surface area contributed by atoms with E-state index in [1.165, 1.54) is 31.8 Å². The van der Waals surface area contributed by atoms with Gasteiger partial charge in [0.2, 0.25) is 0 Å². The fourth-order valence-corrected chi connectivity index (χ4v) is 11.0. The fraction of sp³-hybridized carbons (Fsp3) is 0. The predicted molar refractivity (Wildman–Crippen MR) is 255 cm³/mol. The Bertz CT molecular complexity index is 4060. The fourth-order valence-electron chi connectivity index (χ4n) is 9.75. The van der Waals surface area contributed by atoms with Crippen LogP contribution in [0.5, 0.6) is 0 Å². The third kappa shape index (κ3) is 4.76. The molecule has 7 heteroatoms. The van der Waals surface area contributed by atoms with E-state index >= 15 is 0 Å². The Kier molecular flexibility index (Phi) is 6.89. The van der Waals surface area contributed by atoms with E-state index in [0.29, 0.717) is 17.5 Å². The molecule has 0 aliphatic heterocycles. The Balaban J connectivity index is 1.09. The number of aromatic nitrogens is 4. The van der Waals surface area contributed by atoms with Crippen molar-refractivity contribution in [2.75, 3.05) is 0 Å². The van der Waals surface area contributed by atoms with E-state index in [9.17, 15) is 0 Å². The molecule has 0 N–H and O–H groups in total. The molecular weight excluding hydrogens is 781 g/mol. The third-order valence-corrected chi connectivity index (χ3v) is 13.6. The lowest BCUT2D eigenvalue weighted by molar-refractivity contribution is 0.668. The number of hydrogen-bond acceptors (Lipinski definition) is 6. The van der Waals surface area contributed by atoms with Gasteiger partial charge >= 0.3 is 0 Å². The summed E-state index contributed by atoms with van der Waals surface area (Å²) in [6, 6.07) is 63.7. The quantitative estimate of drug-likeness (QED) is 0.177. The molecule has 14 aromatic rings. The number of fused-ring (bicyclic) bond motifs is 13. The molecule has 5 heterocycles. The van der Waals surface area contributed by atoms with Gasteiger partial charge < -0.3 is 13.4 Å². The molecule has 0 unspecified atom stereocenters. The van der Waals surface area contributed by atoms with Crippen molar-refractivity contribution in [3.8, 4) is 39.9 Å². The van der Waals surface area contributed by atoms with Gasteiger partial charge in [-0.2, -0.15) is 0 Å². The molecule has 5 aromatic heterocycles. The van der Waals surface area contributed by atoms with Gasteiger partial charge in [-0.3, -0.25) is 0 Å². The maximum absolute atomic E-state index is 6.38. The van der Waals surface area contributed by atoms with E-state index < -0.39 is 0 Å². The van der Waals surface area contributed by atoms with Crippen molar-refractivity contribution in [3.63, 3.8) is 0 Å². The van der Waals surface area contributed by atoms with Crippen LogP contribution in [0, 0.1) is 0 Å². The SMILES string of the molecule is c1ccc2cc3c(cc2c1)c1ccccc1n3-c1ccc(-c2nc(-c3cccc4oc5ccccc5c34)nc(-c3cccc4oc5ccccc5c34)n2)c2c1sc1ccccc12. The van der Waals surface area contributed by atoms with Crippen LogP contribution in [0.2, 0.25) is 0 Å². The Hall–Kier alpha value is -8.13. The number of para-hydroxylation sites is 3. The Labute approximate surface area is 356 Å². The first-order valence-corrected chi connectivity index (χ1v) is 21.5. The van der Waals surface area contributed by atoms with Crippen LogP contribution in [0.4, 0.5) is 0 Å². The molecule has 9 aromatic carbocycles.